The fraction of sp³-hybridized carbons (Fsp3) is 0.385. The van der Waals surface area contributed by atoms with Gasteiger partial charge >= 0.3 is 0 Å². The number of hydrogen-bond acceptors (Lipinski definition) is 4. The maximum absolute atomic E-state index is 4.60. The van der Waals surface area contributed by atoms with Crippen molar-refractivity contribution in [1.82, 2.24) is 9.97 Å². The van der Waals surface area contributed by atoms with Gasteiger partial charge in [0.2, 0.25) is 0 Å². The Morgan fingerprint density at radius 1 is 1.28 bits per heavy atom. The quantitative estimate of drug-likeness (QED) is 0.912. The predicted octanol–water partition coefficient (Wildman–Crippen LogP) is 4.27. The Hall–Kier alpha value is -0.940. The maximum atomic E-state index is 4.60. The number of hydrogen-bond donors (Lipinski definition) is 1. The minimum Gasteiger partial charge on any atom is -0.370 e. The first-order valence-corrected chi connectivity index (χ1v) is 7.63. The van der Waals surface area contributed by atoms with Gasteiger partial charge in [0.05, 0.1) is 4.88 Å². The molecule has 2 aromatic heterocycles. The summed E-state index contributed by atoms with van der Waals surface area (Å²) in [6, 6.07) is 4.10. The lowest BCUT2D eigenvalue weighted by atomic mass is 10.3. The van der Waals surface area contributed by atoms with E-state index in [0.29, 0.717) is 0 Å². The van der Waals surface area contributed by atoms with Crippen molar-refractivity contribution in [1.29, 1.82) is 0 Å². The first-order chi connectivity index (χ1) is 8.63. The van der Waals surface area contributed by atoms with E-state index >= 15 is 0 Å². The summed E-state index contributed by atoms with van der Waals surface area (Å²) in [5, 5.41) is 3.26. The molecule has 0 atom stereocenters. The van der Waals surface area contributed by atoms with Crippen LogP contribution >= 0.6 is 27.3 Å². The SMILES string of the molecule is CCNc1cc(CC)nc(-c2cc(Br)c(C)s2)n1. The summed E-state index contributed by atoms with van der Waals surface area (Å²) in [4.78, 5) is 11.5. The average Bonchev–Trinajstić information content (AvgIpc) is 2.70. The van der Waals surface area contributed by atoms with Gasteiger partial charge in [-0.15, -0.1) is 11.3 Å². The van der Waals surface area contributed by atoms with Gasteiger partial charge in [0, 0.05) is 27.7 Å². The summed E-state index contributed by atoms with van der Waals surface area (Å²) >= 11 is 5.25. The Morgan fingerprint density at radius 2 is 2.06 bits per heavy atom. The van der Waals surface area contributed by atoms with Crippen molar-refractivity contribution in [2.24, 2.45) is 0 Å². The third-order valence-electron chi connectivity index (χ3n) is 2.58. The molecule has 5 heteroatoms. The van der Waals surface area contributed by atoms with E-state index in [1.807, 2.05) is 6.07 Å². The Balaban J connectivity index is 2.45. The monoisotopic (exact) mass is 325 g/mol. The number of anilines is 1. The molecule has 1 N–H and O–H groups in total. The zero-order valence-corrected chi connectivity index (χ0v) is 13.2. The van der Waals surface area contributed by atoms with Gasteiger partial charge in [0.1, 0.15) is 5.82 Å². The lowest BCUT2D eigenvalue weighted by molar-refractivity contribution is 1.00. The van der Waals surface area contributed by atoms with Crippen molar-refractivity contribution in [3.63, 3.8) is 0 Å². The summed E-state index contributed by atoms with van der Waals surface area (Å²) in [5.41, 5.74) is 1.07. The van der Waals surface area contributed by atoms with Crippen LogP contribution in [0.2, 0.25) is 0 Å². The minimum absolute atomic E-state index is 0.809. The molecule has 0 saturated carbocycles. The van der Waals surface area contributed by atoms with Crippen LogP contribution in [0.3, 0.4) is 0 Å². The fourth-order valence-electron chi connectivity index (χ4n) is 1.63. The van der Waals surface area contributed by atoms with E-state index in [0.717, 1.165) is 39.7 Å². The van der Waals surface area contributed by atoms with Crippen LogP contribution in [-0.2, 0) is 6.42 Å². The first kappa shape index (κ1) is 13.5. The van der Waals surface area contributed by atoms with Gasteiger partial charge in [-0.05, 0) is 42.3 Å². The van der Waals surface area contributed by atoms with Gasteiger partial charge in [0.15, 0.2) is 5.82 Å². The van der Waals surface area contributed by atoms with Gasteiger partial charge in [-0.25, -0.2) is 9.97 Å². The summed E-state index contributed by atoms with van der Waals surface area (Å²) in [5.74, 6) is 1.71. The number of nitrogens with one attached hydrogen (secondary N) is 1. The molecular formula is C13H16BrN3S. The predicted molar refractivity (Wildman–Crippen MR) is 81.3 cm³/mol. The molecule has 0 aliphatic rings. The van der Waals surface area contributed by atoms with Crippen LogP contribution in [0, 0.1) is 6.92 Å². The third-order valence-corrected chi connectivity index (χ3v) is 4.71. The summed E-state index contributed by atoms with van der Waals surface area (Å²) in [6.45, 7) is 7.14. The van der Waals surface area contributed by atoms with E-state index in [1.165, 1.54) is 4.88 Å². The number of halogens is 1. The van der Waals surface area contributed by atoms with E-state index in [1.54, 1.807) is 11.3 Å². The molecule has 96 valence electrons. The van der Waals surface area contributed by atoms with E-state index in [4.69, 9.17) is 0 Å². The normalized spacial score (nSPS) is 10.7. The summed E-state index contributed by atoms with van der Waals surface area (Å²) in [6.07, 6.45) is 0.916. The number of aromatic nitrogens is 2. The highest BCUT2D eigenvalue weighted by molar-refractivity contribution is 9.10. The van der Waals surface area contributed by atoms with Gasteiger partial charge in [-0.1, -0.05) is 6.92 Å². The lowest BCUT2D eigenvalue weighted by Gasteiger charge is -2.06. The van der Waals surface area contributed by atoms with Crippen LogP contribution in [0.4, 0.5) is 5.82 Å². The zero-order valence-electron chi connectivity index (χ0n) is 10.7. The molecule has 0 aliphatic heterocycles. The molecule has 0 fully saturated rings. The average molecular weight is 326 g/mol. The van der Waals surface area contributed by atoms with Crippen molar-refractivity contribution >= 4 is 33.1 Å². The molecule has 0 aliphatic carbocycles. The van der Waals surface area contributed by atoms with Crippen molar-refractivity contribution in [3.05, 3.63) is 27.2 Å². The smallest absolute Gasteiger partial charge is 0.171 e. The minimum atomic E-state index is 0.809. The molecule has 0 aromatic carbocycles. The molecule has 0 radical (unpaired) electrons. The molecule has 0 saturated heterocycles. The third kappa shape index (κ3) is 2.90. The number of nitrogens with zero attached hydrogens (tertiary/aromatic N) is 2. The van der Waals surface area contributed by atoms with E-state index in [2.05, 4.69) is 58.1 Å². The Kier molecular flexibility index (Phi) is 4.35. The standard InChI is InChI=1S/C13H16BrN3S/c1-4-9-6-12(15-5-2)17-13(16-9)11-7-10(14)8(3)18-11/h6-7H,4-5H2,1-3H3,(H,15,16,17). The molecule has 2 rings (SSSR count). The van der Waals surface area contributed by atoms with Crippen molar-refractivity contribution in [2.75, 3.05) is 11.9 Å². The second-order valence-corrected chi connectivity index (χ2v) is 6.08. The number of thiophene rings is 1. The molecule has 0 unspecified atom stereocenters. The number of aryl methyl sites for hydroxylation is 2. The van der Waals surface area contributed by atoms with E-state index < -0.39 is 0 Å². The van der Waals surface area contributed by atoms with E-state index in [9.17, 15) is 0 Å². The lowest BCUT2D eigenvalue weighted by Crippen LogP contribution is -2.03. The van der Waals surface area contributed by atoms with Gasteiger partial charge in [-0.3, -0.25) is 0 Å². The molecule has 0 bridgehead atoms. The molecule has 3 nitrogen and oxygen atoms in total. The van der Waals surface area contributed by atoms with Crippen molar-refractivity contribution in [3.8, 4) is 10.7 Å². The van der Waals surface area contributed by atoms with Gasteiger partial charge < -0.3 is 5.32 Å². The van der Waals surface area contributed by atoms with Crippen LogP contribution in [0.25, 0.3) is 10.7 Å². The molecule has 18 heavy (non-hydrogen) atoms. The van der Waals surface area contributed by atoms with Crippen LogP contribution in [0.15, 0.2) is 16.6 Å². The molecule has 0 amide bonds. The van der Waals surface area contributed by atoms with Crippen LogP contribution in [0.5, 0.6) is 0 Å². The Morgan fingerprint density at radius 3 is 2.61 bits per heavy atom. The van der Waals surface area contributed by atoms with Crippen molar-refractivity contribution in [2.45, 2.75) is 27.2 Å². The zero-order chi connectivity index (χ0) is 13.1. The second kappa shape index (κ2) is 5.80. The second-order valence-electron chi connectivity index (χ2n) is 3.97. The van der Waals surface area contributed by atoms with Gasteiger partial charge in [0.25, 0.3) is 0 Å². The molecule has 0 spiro atoms. The first-order valence-electron chi connectivity index (χ1n) is 6.02. The Labute approximate surface area is 120 Å². The van der Waals surface area contributed by atoms with E-state index in [-0.39, 0.29) is 0 Å². The highest BCUT2D eigenvalue weighted by Gasteiger charge is 2.10. The molecule has 2 heterocycles. The molecular weight excluding hydrogens is 310 g/mol. The topological polar surface area (TPSA) is 37.8 Å². The highest BCUT2D eigenvalue weighted by Crippen LogP contribution is 2.32. The Bertz CT molecular complexity index is 532. The van der Waals surface area contributed by atoms with Gasteiger partial charge in [-0.2, -0.15) is 0 Å². The largest absolute Gasteiger partial charge is 0.370 e. The summed E-state index contributed by atoms with van der Waals surface area (Å²) < 4.78 is 1.12. The fourth-order valence-corrected chi connectivity index (χ4v) is 3.10. The molecule has 2 aromatic rings. The summed E-state index contributed by atoms with van der Waals surface area (Å²) in [7, 11) is 0. The van der Waals surface area contributed by atoms with Crippen molar-refractivity contribution < 1.29 is 0 Å². The number of rotatable bonds is 4. The van der Waals surface area contributed by atoms with Crippen LogP contribution < -0.4 is 5.32 Å². The van der Waals surface area contributed by atoms with Crippen LogP contribution in [-0.4, -0.2) is 16.5 Å². The van der Waals surface area contributed by atoms with Crippen LogP contribution in [0.1, 0.15) is 24.4 Å². The maximum Gasteiger partial charge on any atom is 0.171 e. The highest BCUT2D eigenvalue weighted by atomic mass is 79.9.